The Labute approximate surface area is 177 Å². The van der Waals surface area contributed by atoms with Gasteiger partial charge in [0.05, 0.1) is 25.9 Å². The summed E-state index contributed by atoms with van der Waals surface area (Å²) in [4.78, 5) is 8.30. The first-order valence-corrected chi connectivity index (χ1v) is 10.0. The fourth-order valence-electron chi connectivity index (χ4n) is 3.70. The molecule has 3 atom stereocenters. The Balaban J connectivity index is 0.00000243. The highest BCUT2D eigenvalue weighted by Crippen LogP contribution is 2.36. The van der Waals surface area contributed by atoms with Crippen LogP contribution in [0.2, 0.25) is 0 Å². The summed E-state index contributed by atoms with van der Waals surface area (Å²) in [6.07, 6.45) is 2.60. The molecule has 0 radical (unpaired) electrons. The normalized spacial score (nSPS) is 27.6. The summed E-state index contributed by atoms with van der Waals surface area (Å²) >= 11 is 1.86. The molecule has 2 aliphatic rings. The highest BCUT2D eigenvalue weighted by Gasteiger charge is 2.31. The molecule has 2 fully saturated rings. The molecule has 0 aromatic carbocycles. The van der Waals surface area contributed by atoms with Crippen LogP contribution in [0.5, 0.6) is 0 Å². The molecule has 1 aromatic heterocycles. The van der Waals surface area contributed by atoms with Crippen LogP contribution in [-0.4, -0.2) is 70.5 Å². The van der Waals surface area contributed by atoms with Gasteiger partial charge in [0.2, 0.25) is 0 Å². The van der Waals surface area contributed by atoms with Crippen molar-refractivity contribution in [3.63, 3.8) is 0 Å². The van der Waals surface area contributed by atoms with Gasteiger partial charge < -0.3 is 20.1 Å². The average molecular weight is 494 g/mol. The Morgan fingerprint density at radius 1 is 1.35 bits per heavy atom. The minimum absolute atomic E-state index is 0. The van der Waals surface area contributed by atoms with Crippen molar-refractivity contribution in [3.05, 3.63) is 22.4 Å². The van der Waals surface area contributed by atoms with Crippen LogP contribution >= 0.6 is 35.3 Å². The number of guanidine groups is 1. The first-order valence-electron chi connectivity index (χ1n) is 9.15. The molecule has 0 amide bonds. The molecular weight excluding hydrogens is 463 g/mol. The Bertz CT molecular complexity index is 537. The van der Waals surface area contributed by atoms with Gasteiger partial charge in [-0.25, -0.2) is 0 Å². The van der Waals surface area contributed by atoms with Crippen LogP contribution in [0.4, 0.5) is 0 Å². The number of halogens is 1. The highest BCUT2D eigenvalue weighted by molar-refractivity contribution is 14.0. The van der Waals surface area contributed by atoms with E-state index < -0.39 is 0 Å². The minimum Gasteiger partial charge on any atom is -0.376 e. The summed E-state index contributed by atoms with van der Waals surface area (Å²) in [5.74, 6) is 1.43. The number of ether oxygens (including phenoxy) is 2. The molecule has 3 heterocycles. The lowest BCUT2D eigenvalue weighted by molar-refractivity contribution is -0.0850. The van der Waals surface area contributed by atoms with E-state index in [1.165, 1.54) is 24.3 Å². The zero-order valence-corrected chi connectivity index (χ0v) is 18.8. The van der Waals surface area contributed by atoms with Crippen molar-refractivity contribution in [2.24, 2.45) is 10.9 Å². The Kier molecular flexibility index (Phi) is 9.62. The van der Waals surface area contributed by atoms with Crippen molar-refractivity contribution in [1.29, 1.82) is 0 Å². The van der Waals surface area contributed by atoms with Crippen LogP contribution < -0.4 is 10.6 Å². The van der Waals surface area contributed by atoms with Crippen LogP contribution in [0.3, 0.4) is 0 Å². The minimum atomic E-state index is 0. The topological polar surface area (TPSA) is 58.1 Å². The summed E-state index contributed by atoms with van der Waals surface area (Å²) in [6.45, 7) is 4.84. The van der Waals surface area contributed by atoms with Gasteiger partial charge in [0, 0.05) is 31.1 Å². The van der Waals surface area contributed by atoms with E-state index in [1.807, 2.05) is 18.4 Å². The van der Waals surface area contributed by atoms with Gasteiger partial charge in [-0.1, -0.05) is 6.07 Å². The standard InChI is InChI=1S/C18H30N4O2S.HI/c1-19-18(21-12-15-13-23-8-9-24-15)20-11-14-5-3-7-22(2)17(14)16-6-4-10-25-16;/h4,6,10,14-15,17H,3,5,7-9,11-13H2,1-2H3,(H2,19,20,21);1H. The molecule has 2 N–H and O–H groups in total. The van der Waals surface area contributed by atoms with Crippen molar-refractivity contribution in [2.45, 2.75) is 25.0 Å². The van der Waals surface area contributed by atoms with E-state index in [1.54, 1.807) is 0 Å². The lowest BCUT2D eigenvalue weighted by Crippen LogP contribution is -2.47. The molecule has 0 saturated carbocycles. The number of hydrogen-bond donors (Lipinski definition) is 2. The summed E-state index contributed by atoms with van der Waals surface area (Å²) in [5.41, 5.74) is 0. The molecule has 3 rings (SSSR count). The van der Waals surface area contributed by atoms with E-state index in [4.69, 9.17) is 9.47 Å². The quantitative estimate of drug-likeness (QED) is 0.374. The molecule has 6 nitrogen and oxygen atoms in total. The molecule has 1 aromatic rings. The lowest BCUT2D eigenvalue weighted by Gasteiger charge is -2.39. The number of nitrogens with zero attached hydrogens (tertiary/aromatic N) is 2. The number of rotatable bonds is 5. The van der Waals surface area contributed by atoms with Crippen LogP contribution in [0.25, 0.3) is 0 Å². The van der Waals surface area contributed by atoms with Gasteiger partial charge in [0.1, 0.15) is 0 Å². The predicted octanol–water partition coefficient (Wildman–Crippen LogP) is 2.33. The second kappa shape index (κ2) is 11.4. The van der Waals surface area contributed by atoms with E-state index in [9.17, 15) is 0 Å². The summed E-state index contributed by atoms with van der Waals surface area (Å²) in [5, 5.41) is 9.05. The first kappa shape index (κ1) is 21.9. The molecule has 2 saturated heterocycles. The molecule has 8 heteroatoms. The SMILES string of the molecule is CN=C(NCC1COCCO1)NCC1CCCN(C)C1c1cccs1.I. The van der Waals surface area contributed by atoms with Gasteiger partial charge in [-0.05, 0) is 43.8 Å². The first-order chi connectivity index (χ1) is 12.3. The fraction of sp³-hybridized carbons (Fsp3) is 0.722. The zero-order valence-electron chi connectivity index (χ0n) is 15.6. The fourth-order valence-corrected chi connectivity index (χ4v) is 4.68. The van der Waals surface area contributed by atoms with Crippen molar-refractivity contribution in [2.75, 3.05) is 53.6 Å². The smallest absolute Gasteiger partial charge is 0.191 e. The van der Waals surface area contributed by atoms with Crippen molar-refractivity contribution in [3.8, 4) is 0 Å². The van der Waals surface area contributed by atoms with Crippen LogP contribution in [0.15, 0.2) is 22.5 Å². The van der Waals surface area contributed by atoms with E-state index in [0.29, 0.717) is 31.8 Å². The highest BCUT2D eigenvalue weighted by atomic mass is 127. The van der Waals surface area contributed by atoms with Gasteiger partial charge in [-0.3, -0.25) is 9.89 Å². The number of thiophene rings is 1. The number of nitrogens with one attached hydrogen (secondary N) is 2. The molecule has 148 valence electrons. The summed E-state index contributed by atoms with van der Waals surface area (Å²) in [6, 6.07) is 4.91. The molecule has 2 aliphatic heterocycles. The third kappa shape index (κ3) is 6.05. The van der Waals surface area contributed by atoms with E-state index in [2.05, 4.69) is 45.1 Å². The van der Waals surface area contributed by atoms with Crippen LogP contribution in [0.1, 0.15) is 23.8 Å². The van der Waals surface area contributed by atoms with Gasteiger partial charge in [0.15, 0.2) is 5.96 Å². The summed E-state index contributed by atoms with van der Waals surface area (Å²) in [7, 11) is 4.06. The Morgan fingerprint density at radius 3 is 2.88 bits per heavy atom. The van der Waals surface area contributed by atoms with Gasteiger partial charge in [0.25, 0.3) is 0 Å². The number of piperidine rings is 1. The molecule has 0 spiro atoms. The van der Waals surface area contributed by atoms with Crippen LogP contribution in [-0.2, 0) is 9.47 Å². The van der Waals surface area contributed by atoms with Crippen molar-refractivity contribution < 1.29 is 9.47 Å². The van der Waals surface area contributed by atoms with E-state index in [-0.39, 0.29) is 30.1 Å². The number of hydrogen-bond acceptors (Lipinski definition) is 5. The molecule has 0 aliphatic carbocycles. The number of likely N-dealkylation sites (tertiary alicyclic amines) is 1. The molecule has 0 bridgehead atoms. The van der Waals surface area contributed by atoms with E-state index >= 15 is 0 Å². The second-order valence-corrected chi connectivity index (χ2v) is 7.72. The van der Waals surface area contributed by atoms with Gasteiger partial charge in [-0.15, -0.1) is 35.3 Å². The van der Waals surface area contributed by atoms with Crippen molar-refractivity contribution >= 4 is 41.3 Å². The summed E-state index contributed by atoms with van der Waals surface area (Å²) < 4.78 is 11.1. The van der Waals surface area contributed by atoms with Gasteiger partial charge >= 0.3 is 0 Å². The monoisotopic (exact) mass is 494 g/mol. The third-order valence-corrected chi connectivity index (χ3v) is 5.92. The lowest BCUT2D eigenvalue weighted by atomic mass is 9.88. The van der Waals surface area contributed by atoms with Crippen LogP contribution in [0, 0.1) is 5.92 Å². The van der Waals surface area contributed by atoms with E-state index in [0.717, 1.165) is 19.0 Å². The Hall–Kier alpha value is -0.420. The maximum atomic E-state index is 5.67. The average Bonchev–Trinajstić information content (AvgIpc) is 3.17. The second-order valence-electron chi connectivity index (χ2n) is 6.74. The largest absolute Gasteiger partial charge is 0.376 e. The van der Waals surface area contributed by atoms with Gasteiger partial charge in [-0.2, -0.15) is 0 Å². The molecule has 26 heavy (non-hydrogen) atoms. The zero-order chi connectivity index (χ0) is 17.5. The maximum Gasteiger partial charge on any atom is 0.191 e. The maximum absolute atomic E-state index is 5.67. The Morgan fingerprint density at radius 2 is 2.19 bits per heavy atom. The van der Waals surface area contributed by atoms with Crippen molar-refractivity contribution in [1.82, 2.24) is 15.5 Å². The molecular formula is C18H31IN4O2S. The predicted molar refractivity (Wildman–Crippen MR) is 118 cm³/mol. The molecule has 3 unspecified atom stereocenters. The number of aliphatic imine (C=N–C) groups is 1. The third-order valence-electron chi connectivity index (χ3n) is 4.98.